The molecule has 0 saturated carbocycles. The Balaban J connectivity index is 1.38. The van der Waals surface area contributed by atoms with E-state index in [1.807, 2.05) is 24.3 Å². The number of piperidine rings is 1. The van der Waals surface area contributed by atoms with Crippen molar-refractivity contribution in [3.63, 3.8) is 0 Å². The summed E-state index contributed by atoms with van der Waals surface area (Å²) in [7, 11) is 0. The minimum atomic E-state index is -2.59. The quantitative estimate of drug-likeness (QED) is 0.385. The highest BCUT2D eigenvalue weighted by Gasteiger charge is 2.17. The van der Waals surface area contributed by atoms with E-state index in [-0.39, 0.29) is 17.8 Å². The van der Waals surface area contributed by atoms with Crippen LogP contribution in [0.5, 0.6) is 0 Å². The number of fused-ring (bicyclic) bond motifs is 1. The third-order valence-corrected chi connectivity index (χ3v) is 6.30. The van der Waals surface area contributed by atoms with Crippen molar-refractivity contribution in [2.24, 2.45) is 0 Å². The lowest BCUT2D eigenvalue weighted by molar-refractivity contribution is 0.0992. The van der Waals surface area contributed by atoms with E-state index < -0.39 is 6.43 Å². The van der Waals surface area contributed by atoms with Crippen LogP contribution >= 0.6 is 0 Å². The standard InChI is InChI=1S/C27H24F2N4O/c28-27(29)22-11-21(14-31-15-22)24-5-4-20-16-32-23(12-25(20)33-24)13-26(34)19-3-1-2-18(10-19)17-6-8-30-9-7-17/h1-5,10-12,14-17,27,30H,6-9,13H2. The molecule has 3 aromatic heterocycles. The monoisotopic (exact) mass is 458 g/mol. The van der Waals surface area contributed by atoms with Crippen molar-refractivity contribution in [1.29, 1.82) is 0 Å². The van der Waals surface area contributed by atoms with Crippen LogP contribution in [0, 0.1) is 0 Å². The molecule has 34 heavy (non-hydrogen) atoms. The Morgan fingerprint density at radius 3 is 2.71 bits per heavy atom. The van der Waals surface area contributed by atoms with Crippen molar-refractivity contribution < 1.29 is 13.6 Å². The number of hydrogen-bond acceptors (Lipinski definition) is 5. The molecule has 4 heterocycles. The third kappa shape index (κ3) is 4.84. The summed E-state index contributed by atoms with van der Waals surface area (Å²) in [6, 6.07) is 14.7. The van der Waals surface area contributed by atoms with E-state index in [4.69, 9.17) is 0 Å². The summed E-state index contributed by atoms with van der Waals surface area (Å²) < 4.78 is 26.1. The first-order valence-electron chi connectivity index (χ1n) is 11.4. The van der Waals surface area contributed by atoms with Gasteiger partial charge >= 0.3 is 0 Å². The molecule has 5 nitrogen and oxygen atoms in total. The molecule has 0 bridgehead atoms. The van der Waals surface area contributed by atoms with Crippen LogP contribution in [0.25, 0.3) is 22.2 Å². The second-order valence-corrected chi connectivity index (χ2v) is 8.62. The molecule has 0 unspecified atom stereocenters. The fraction of sp³-hybridized carbons (Fsp3) is 0.259. The Morgan fingerprint density at radius 2 is 1.88 bits per heavy atom. The molecule has 1 N–H and O–H groups in total. The molecule has 1 aliphatic rings. The molecule has 0 spiro atoms. The molecule has 0 amide bonds. The number of carbonyl (C=O) groups is 1. The molecule has 1 aromatic carbocycles. The number of hydrogen-bond donors (Lipinski definition) is 1. The zero-order valence-corrected chi connectivity index (χ0v) is 18.5. The largest absolute Gasteiger partial charge is 0.317 e. The highest BCUT2D eigenvalue weighted by molar-refractivity contribution is 5.97. The van der Waals surface area contributed by atoms with Gasteiger partial charge in [-0.25, -0.2) is 13.8 Å². The fourth-order valence-corrected chi connectivity index (χ4v) is 4.42. The van der Waals surface area contributed by atoms with Gasteiger partial charge in [-0.15, -0.1) is 0 Å². The van der Waals surface area contributed by atoms with Gasteiger partial charge in [0.05, 0.1) is 23.3 Å². The lowest BCUT2D eigenvalue weighted by Crippen LogP contribution is -2.26. The average molecular weight is 459 g/mol. The lowest BCUT2D eigenvalue weighted by atomic mass is 9.88. The van der Waals surface area contributed by atoms with Gasteiger partial charge in [0.25, 0.3) is 6.43 Å². The van der Waals surface area contributed by atoms with Crippen LogP contribution in [0.4, 0.5) is 8.78 Å². The van der Waals surface area contributed by atoms with E-state index >= 15 is 0 Å². The van der Waals surface area contributed by atoms with Gasteiger partial charge < -0.3 is 5.32 Å². The van der Waals surface area contributed by atoms with Crippen LogP contribution < -0.4 is 5.32 Å². The molecule has 1 aliphatic heterocycles. The normalized spacial score (nSPS) is 14.6. The molecule has 0 aliphatic carbocycles. The number of alkyl halides is 2. The molecular weight excluding hydrogens is 434 g/mol. The number of benzene rings is 1. The summed E-state index contributed by atoms with van der Waals surface area (Å²) in [6.45, 7) is 2.00. The molecule has 7 heteroatoms. The van der Waals surface area contributed by atoms with Gasteiger partial charge in [0.15, 0.2) is 5.78 Å². The second kappa shape index (κ2) is 9.73. The van der Waals surface area contributed by atoms with E-state index in [1.165, 1.54) is 17.8 Å². The number of aromatic nitrogens is 3. The van der Waals surface area contributed by atoms with Crippen molar-refractivity contribution in [2.45, 2.75) is 31.6 Å². The van der Waals surface area contributed by atoms with Crippen molar-refractivity contribution >= 4 is 16.7 Å². The molecule has 0 radical (unpaired) electrons. The fourth-order valence-electron chi connectivity index (χ4n) is 4.42. The third-order valence-electron chi connectivity index (χ3n) is 6.30. The van der Waals surface area contributed by atoms with Gasteiger partial charge in [-0.1, -0.05) is 18.2 Å². The Bertz CT molecular complexity index is 1340. The van der Waals surface area contributed by atoms with Crippen LogP contribution in [0.3, 0.4) is 0 Å². The van der Waals surface area contributed by atoms with Crippen molar-refractivity contribution in [3.05, 3.63) is 89.5 Å². The first kappa shape index (κ1) is 22.2. The number of carbonyl (C=O) groups excluding carboxylic acids is 1. The highest BCUT2D eigenvalue weighted by Crippen LogP contribution is 2.27. The Morgan fingerprint density at radius 1 is 1.03 bits per heavy atom. The maximum atomic E-state index is 13.1. The molecule has 172 valence electrons. The Hall–Kier alpha value is -3.58. The number of pyridine rings is 3. The zero-order valence-electron chi connectivity index (χ0n) is 18.5. The topological polar surface area (TPSA) is 67.8 Å². The molecule has 1 saturated heterocycles. The lowest BCUT2D eigenvalue weighted by Gasteiger charge is -2.23. The number of nitrogens with zero attached hydrogens (tertiary/aromatic N) is 3. The number of rotatable bonds is 6. The predicted octanol–water partition coefficient (Wildman–Crippen LogP) is 5.52. The number of nitrogens with one attached hydrogen (secondary N) is 1. The van der Waals surface area contributed by atoms with Crippen molar-refractivity contribution in [3.8, 4) is 11.3 Å². The van der Waals surface area contributed by atoms with E-state index in [2.05, 4.69) is 26.3 Å². The van der Waals surface area contributed by atoms with Crippen LogP contribution in [-0.4, -0.2) is 33.8 Å². The first-order chi connectivity index (χ1) is 16.6. The number of halogens is 2. The van der Waals surface area contributed by atoms with Crippen LogP contribution in [0.1, 0.15) is 52.4 Å². The van der Waals surface area contributed by atoms with E-state index in [0.717, 1.165) is 37.5 Å². The summed E-state index contributed by atoms with van der Waals surface area (Å²) in [5.74, 6) is 0.487. The summed E-state index contributed by atoms with van der Waals surface area (Å²) in [4.78, 5) is 26.0. The second-order valence-electron chi connectivity index (χ2n) is 8.62. The number of Topliss-reactive ketones (excluding diaryl/α,β-unsaturated/α-hetero) is 1. The van der Waals surface area contributed by atoms with Crippen molar-refractivity contribution in [2.75, 3.05) is 13.1 Å². The summed E-state index contributed by atoms with van der Waals surface area (Å²) in [6.07, 6.45) is 4.09. The maximum absolute atomic E-state index is 13.1. The highest BCUT2D eigenvalue weighted by atomic mass is 19.3. The van der Waals surface area contributed by atoms with E-state index in [0.29, 0.717) is 33.9 Å². The molecular formula is C27H24F2N4O. The van der Waals surface area contributed by atoms with Crippen LogP contribution in [0.15, 0.2) is 67.1 Å². The Labute approximate surface area is 196 Å². The molecule has 1 fully saturated rings. The minimum Gasteiger partial charge on any atom is -0.317 e. The van der Waals surface area contributed by atoms with Gasteiger partial charge in [0.1, 0.15) is 0 Å². The smallest absolute Gasteiger partial charge is 0.265 e. The summed E-state index contributed by atoms with van der Waals surface area (Å²) in [5, 5.41) is 4.18. The molecule has 0 atom stereocenters. The average Bonchev–Trinajstić information content (AvgIpc) is 2.89. The summed E-state index contributed by atoms with van der Waals surface area (Å²) >= 11 is 0. The van der Waals surface area contributed by atoms with Gasteiger partial charge in [-0.2, -0.15) is 0 Å². The molecule has 4 aromatic rings. The van der Waals surface area contributed by atoms with Gasteiger partial charge in [0, 0.05) is 40.7 Å². The summed E-state index contributed by atoms with van der Waals surface area (Å²) in [5.41, 5.74) is 4.09. The maximum Gasteiger partial charge on any atom is 0.265 e. The Kier molecular flexibility index (Phi) is 6.36. The minimum absolute atomic E-state index is 0.00706. The SMILES string of the molecule is O=C(Cc1cc2nc(-c3cncc(C(F)F)c3)ccc2cn1)c1cccc(C2CCNCC2)c1. The van der Waals surface area contributed by atoms with Gasteiger partial charge in [-0.3, -0.25) is 14.8 Å². The number of ketones is 1. The van der Waals surface area contributed by atoms with E-state index in [1.54, 1.807) is 18.3 Å². The van der Waals surface area contributed by atoms with Gasteiger partial charge in [0.2, 0.25) is 0 Å². The predicted molar refractivity (Wildman–Crippen MR) is 127 cm³/mol. The van der Waals surface area contributed by atoms with Crippen LogP contribution in [0.2, 0.25) is 0 Å². The van der Waals surface area contributed by atoms with Crippen LogP contribution in [-0.2, 0) is 6.42 Å². The molecule has 5 rings (SSSR count). The zero-order chi connectivity index (χ0) is 23.5. The van der Waals surface area contributed by atoms with E-state index in [9.17, 15) is 13.6 Å². The first-order valence-corrected chi connectivity index (χ1v) is 11.4. The van der Waals surface area contributed by atoms with Crippen molar-refractivity contribution in [1.82, 2.24) is 20.3 Å². The van der Waals surface area contributed by atoms with Gasteiger partial charge in [-0.05, 0) is 67.7 Å².